The molecular formula is C19H15IO2S. The summed E-state index contributed by atoms with van der Waals surface area (Å²) in [6.07, 6.45) is 0.507. The van der Waals surface area contributed by atoms with Crippen LogP contribution in [0.15, 0.2) is 30.3 Å². The van der Waals surface area contributed by atoms with E-state index in [0.29, 0.717) is 13.0 Å². The molecule has 2 aromatic rings. The van der Waals surface area contributed by atoms with Crippen molar-refractivity contribution < 1.29 is 9.53 Å². The van der Waals surface area contributed by atoms with Crippen LogP contribution in [0.1, 0.15) is 40.4 Å². The Morgan fingerprint density at radius 3 is 2.87 bits per heavy atom. The molecule has 1 heterocycles. The van der Waals surface area contributed by atoms with Gasteiger partial charge in [0.25, 0.3) is 0 Å². The monoisotopic (exact) mass is 434 g/mol. The second kappa shape index (κ2) is 6.98. The zero-order valence-electron chi connectivity index (χ0n) is 12.9. The van der Waals surface area contributed by atoms with Gasteiger partial charge in [-0.25, -0.2) is 0 Å². The van der Waals surface area contributed by atoms with Gasteiger partial charge >= 0.3 is 0 Å². The summed E-state index contributed by atoms with van der Waals surface area (Å²) in [6, 6.07) is 10.2. The molecule has 0 aliphatic carbocycles. The summed E-state index contributed by atoms with van der Waals surface area (Å²) in [5, 5.41) is 3.00. The Hall–Kier alpha value is -1.45. The van der Waals surface area contributed by atoms with Crippen molar-refractivity contribution in [3.8, 4) is 28.0 Å². The van der Waals surface area contributed by atoms with Crippen LogP contribution in [0.3, 0.4) is 0 Å². The predicted octanol–water partition coefficient (Wildman–Crippen LogP) is 5.54. The Morgan fingerprint density at radius 1 is 1.30 bits per heavy atom. The summed E-state index contributed by atoms with van der Waals surface area (Å²) in [4.78, 5) is 12.0. The van der Waals surface area contributed by atoms with Crippen molar-refractivity contribution in [1.82, 2.24) is 0 Å². The zero-order valence-corrected chi connectivity index (χ0v) is 15.9. The van der Waals surface area contributed by atoms with E-state index in [2.05, 4.69) is 50.6 Å². The average Bonchev–Trinajstić information content (AvgIpc) is 2.58. The second-order valence-electron chi connectivity index (χ2n) is 5.40. The third-order valence-corrected chi connectivity index (χ3v) is 4.80. The third kappa shape index (κ3) is 3.26. The average molecular weight is 434 g/mol. The molecule has 0 aromatic heterocycles. The van der Waals surface area contributed by atoms with Crippen LogP contribution >= 0.6 is 30.1 Å². The number of rotatable bonds is 2. The molecule has 0 fully saturated rings. The van der Waals surface area contributed by atoms with Gasteiger partial charge in [-0.05, 0) is 62.1 Å². The molecule has 23 heavy (non-hydrogen) atoms. The molecule has 2 aromatic carbocycles. The van der Waals surface area contributed by atoms with E-state index in [1.54, 1.807) is 0 Å². The van der Waals surface area contributed by atoms with Crippen molar-refractivity contribution in [3.63, 3.8) is 0 Å². The highest BCUT2D eigenvalue weighted by Gasteiger charge is 2.20. The first-order chi connectivity index (χ1) is 11.1. The highest BCUT2D eigenvalue weighted by molar-refractivity contribution is 14.2. The first-order valence-electron chi connectivity index (χ1n) is 7.36. The fourth-order valence-corrected chi connectivity index (χ4v) is 3.28. The van der Waals surface area contributed by atoms with E-state index >= 15 is 0 Å². The van der Waals surface area contributed by atoms with Gasteiger partial charge in [-0.1, -0.05) is 18.9 Å². The van der Waals surface area contributed by atoms with Crippen LogP contribution in [-0.4, -0.2) is 5.78 Å². The maximum absolute atomic E-state index is 12.0. The topological polar surface area (TPSA) is 26.3 Å². The number of ether oxygens (including phenoxy) is 1. The molecule has 0 amide bonds. The highest BCUT2D eigenvalue weighted by atomic mass is 127. The molecule has 0 radical (unpaired) electrons. The summed E-state index contributed by atoms with van der Waals surface area (Å²) in [6.45, 7) is 4.38. The van der Waals surface area contributed by atoms with Crippen LogP contribution in [0, 0.1) is 18.1 Å². The zero-order chi connectivity index (χ0) is 16.4. The minimum absolute atomic E-state index is 0.154. The minimum Gasteiger partial charge on any atom is -0.488 e. The van der Waals surface area contributed by atoms with Crippen LogP contribution in [-0.2, 0) is 6.61 Å². The predicted molar refractivity (Wildman–Crippen MR) is 104 cm³/mol. The van der Waals surface area contributed by atoms with Crippen molar-refractivity contribution in [3.05, 3.63) is 52.6 Å². The quantitative estimate of drug-likeness (QED) is 0.353. The molecule has 1 aliphatic heterocycles. The Morgan fingerprint density at radius 2 is 2.13 bits per heavy atom. The summed E-state index contributed by atoms with van der Waals surface area (Å²) < 4.78 is 5.89. The van der Waals surface area contributed by atoms with Gasteiger partial charge in [-0.2, -0.15) is 0 Å². The van der Waals surface area contributed by atoms with E-state index in [0.717, 1.165) is 39.1 Å². The maximum Gasteiger partial charge on any atom is 0.163 e. The molecular weight excluding hydrogens is 419 g/mol. The summed E-state index contributed by atoms with van der Waals surface area (Å²) >= 11 is 2.16. The largest absolute Gasteiger partial charge is 0.488 e. The van der Waals surface area contributed by atoms with Crippen molar-refractivity contribution >= 4 is 35.9 Å². The van der Waals surface area contributed by atoms with E-state index in [4.69, 9.17) is 4.74 Å². The van der Waals surface area contributed by atoms with Crippen LogP contribution < -0.4 is 4.74 Å². The lowest BCUT2D eigenvalue weighted by atomic mass is 9.91. The summed E-state index contributed by atoms with van der Waals surface area (Å²) in [5.41, 5.74) is 6.11. The van der Waals surface area contributed by atoms with E-state index in [1.807, 2.05) is 26.0 Å². The number of carbonyl (C=O) groups is 1. The maximum atomic E-state index is 12.0. The van der Waals surface area contributed by atoms with E-state index in [-0.39, 0.29) is 5.78 Å². The van der Waals surface area contributed by atoms with E-state index in [9.17, 15) is 4.79 Å². The van der Waals surface area contributed by atoms with Gasteiger partial charge in [0.05, 0.1) is 0 Å². The highest BCUT2D eigenvalue weighted by Crippen LogP contribution is 2.39. The summed E-state index contributed by atoms with van der Waals surface area (Å²) in [7, 11) is 1.48. The number of benzene rings is 2. The molecule has 0 bridgehead atoms. The molecule has 0 unspecified atom stereocenters. The van der Waals surface area contributed by atoms with Crippen molar-refractivity contribution in [2.75, 3.05) is 0 Å². The number of aryl methyl sites for hydroxylation is 1. The van der Waals surface area contributed by atoms with Crippen molar-refractivity contribution in [2.24, 2.45) is 0 Å². The number of Topliss-reactive ketones (excluding diaryl/α,β-unsaturated/α-hetero) is 1. The van der Waals surface area contributed by atoms with Crippen LogP contribution in [0.5, 0.6) is 5.75 Å². The lowest BCUT2D eigenvalue weighted by Crippen LogP contribution is -2.09. The number of ketones is 1. The smallest absolute Gasteiger partial charge is 0.163 e. The molecule has 0 N–H and O–H groups in total. The Kier molecular flexibility index (Phi) is 4.98. The standard InChI is InChI=1S/C19H15IO2S/c1-3-18(21)16-10-19-17(8-12(16)2)15-5-4-13(6-7-23-20)9-14(15)11-22-19/h4-5,8-10H,3,11H2,1-2H3. The molecule has 0 spiro atoms. The van der Waals surface area contributed by atoms with Gasteiger partial charge < -0.3 is 4.74 Å². The molecule has 2 nitrogen and oxygen atoms in total. The molecule has 0 saturated carbocycles. The van der Waals surface area contributed by atoms with Gasteiger partial charge in [0, 0.05) is 44.3 Å². The molecule has 0 atom stereocenters. The summed E-state index contributed by atoms with van der Waals surface area (Å²) in [5.74, 6) is 4.06. The Balaban J connectivity index is 2.07. The van der Waals surface area contributed by atoms with Gasteiger partial charge in [0.2, 0.25) is 0 Å². The normalized spacial score (nSPS) is 11.6. The molecule has 3 rings (SSSR count). The lowest BCUT2D eigenvalue weighted by molar-refractivity contribution is 0.0987. The fraction of sp³-hybridized carbons (Fsp3) is 0.211. The van der Waals surface area contributed by atoms with Crippen LogP contribution in [0.2, 0.25) is 0 Å². The lowest BCUT2D eigenvalue weighted by Gasteiger charge is -2.22. The number of fused-ring (bicyclic) bond motifs is 3. The molecule has 1 aliphatic rings. The second-order valence-corrected chi connectivity index (χ2v) is 7.08. The number of hydrogen-bond donors (Lipinski definition) is 0. The first kappa shape index (κ1) is 16.4. The van der Waals surface area contributed by atoms with Gasteiger partial charge in [0.15, 0.2) is 5.78 Å². The number of carbonyl (C=O) groups excluding carboxylic acids is 1. The molecule has 0 saturated heterocycles. The van der Waals surface area contributed by atoms with Gasteiger partial charge in [-0.15, -0.1) is 0 Å². The van der Waals surface area contributed by atoms with E-state index < -0.39 is 0 Å². The molecule has 4 heteroatoms. The third-order valence-electron chi connectivity index (χ3n) is 3.96. The SMILES string of the molecule is CCC(=O)c1cc2c(cc1C)-c1ccc(C#CSI)cc1CO2. The molecule has 116 valence electrons. The first-order valence-corrected chi connectivity index (χ1v) is 10.7. The minimum atomic E-state index is 0.154. The van der Waals surface area contributed by atoms with Gasteiger partial charge in [0.1, 0.15) is 12.4 Å². The van der Waals surface area contributed by atoms with Crippen LogP contribution in [0.25, 0.3) is 11.1 Å². The van der Waals surface area contributed by atoms with Crippen molar-refractivity contribution in [2.45, 2.75) is 26.9 Å². The Labute approximate surface area is 152 Å². The van der Waals surface area contributed by atoms with Crippen molar-refractivity contribution in [1.29, 1.82) is 0 Å². The Bertz CT molecular complexity index is 846. The fourth-order valence-electron chi connectivity index (χ4n) is 2.80. The van der Waals surface area contributed by atoms with Crippen LogP contribution in [0.4, 0.5) is 0 Å². The number of hydrogen-bond acceptors (Lipinski definition) is 3. The number of halogens is 1. The van der Waals surface area contributed by atoms with E-state index in [1.165, 1.54) is 8.93 Å². The van der Waals surface area contributed by atoms with Gasteiger partial charge in [-0.3, -0.25) is 4.79 Å².